The quantitative estimate of drug-likeness (QED) is 0.146. The summed E-state index contributed by atoms with van der Waals surface area (Å²) >= 11 is 1.91. The van der Waals surface area contributed by atoms with E-state index in [1.54, 1.807) is 0 Å². The summed E-state index contributed by atoms with van der Waals surface area (Å²) in [6.45, 7) is 0. The first-order chi connectivity index (χ1) is 36.3. The van der Waals surface area contributed by atoms with E-state index < -0.39 is 0 Å². The summed E-state index contributed by atoms with van der Waals surface area (Å²) in [5.41, 5.74) is 15.1. The second kappa shape index (κ2) is 16.7. The molecule has 338 valence electrons. The minimum atomic E-state index is 1.23. The lowest BCUT2D eigenvalue weighted by atomic mass is 9.83. The van der Waals surface area contributed by atoms with Crippen molar-refractivity contribution in [3.63, 3.8) is 0 Å². The van der Waals surface area contributed by atoms with Crippen LogP contribution in [0.3, 0.4) is 0 Å². The Morgan fingerprint density at radius 1 is 0.178 bits per heavy atom. The molecule has 0 radical (unpaired) electrons. The molecule has 14 aromatic carbocycles. The lowest BCUT2D eigenvalue weighted by molar-refractivity contribution is 1.64. The van der Waals surface area contributed by atoms with Crippen molar-refractivity contribution < 1.29 is 0 Å². The highest BCUT2D eigenvalue weighted by molar-refractivity contribution is 7.26. The van der Waals surface area contributed by atoms with E-state index in [4.69, 9.17) is 0 Å². The molecule has 0 aliphatic carbocycles. The Balaban J connectivity index is 0.928. The molecule has 0 saturated heterocycles. The fourth-order valence-electron chi connectivity index (χ4n) is 12.4. The topological polar surface area (TPSA) is 0 Å². The van der Waals surface area contributed by atoms with Crippen LogP contribution in [0.25, 0.3) is 152 Å². The van der Waals surface area contributed by atoms with Gasteiger partial charge in [-0.3, -0.25) is 0 Å². The Labute approximate surface area is 427 Å². The Morgan fingerprint density at radius 2 is 0.507 bits per heavy atom. The number of hydrogen-bond donors (Lipinski definition) is 0. The molecule has 0 aliphatic heterocycles. The molecule has 15 aromatic rings. The summed E-state index contributed by atoms with van der Waals surface area (Å²) in [5.74, 6) is 0. The van der Waals surface area contributed by atoms with Crippen LogP contribution in [0.5, 0.6) is 0 Å². The standard InChI is InChI=1S/C72H44S/c1-3-20-45(21-4-1)48-39-41-62(52-26-9-7-24-50(48)52)69-56-30-13-11-28-54(56)68(55-29-12-14-31-57(55)69)47-38-43-67-66(44-47)64-36-19-37-65(72(64)73-67)71-60-34-17-15-32-58(60)70(59-33-16-18-35-61(59)71)63-42-40-49(46-22-5-2-6-23-46)51-25-8-10-27-53(51)63/h1-44H. The van der Waals surface area contributed by atoms with Gasteiger partial charge in [0.05, 0.1) is 0 Å². The van der Waals surface area contributed by atoms with Crippen LogP contribution in [0, 0.1) is 0 Å². The molecule has 0 unspecified atom stereocenters. The first kappa shape index (κ1) is 41.6. The maximum atomic E-state index is 2.47. The number of hydrogen-bond acceptors (Lipinski definition) is 1. The fourth-order valence-corrected chi connectivity index (χ4v) is 13.6. The minimum absolute atomic E-state index is 1.23. The van der Waals surface area contributed by atoms with Crippen molar-refractivity contribution in [1.29, 1.82) is 0 Å². The molecular weight excluding hydrogens is 897 g/mol. The molecule has 1 heterocycles. The van der Waals surface area contributed by atoms with Crippen LogP contribution >= 0.6 is 11.3 Å². The molecule has 0 spiro atoms. The third kappa shape index (κ3) is 6.46. The third-order valence-electron chi connectivity index (χ3n) is 15.5. The predicted octanol–water partition coefficient (Wildman–Crippen LogP) is 21.0. The van der Waals surface area contributed by atoms with E-state index >= 15 is 0 Å². The van der Waals surface area contributed by atoms with Gasteiger partial charge >= 0.3 is 0 Å². The van der Waals surface area contributed by atoms with Crippen LogP contribution in [0.2, 0.25) is 0 Å². The van der Waals surface area contributed by atoms with Crippen molar-refractivity contribution in [2.24, 2.45) is 0 Å². The van der Waals surface area contributed by atoms with E-state index in [2.05, 4.69) is 267 Å². The van der Waals surface area contributed by atoms with Crippen LogP contribution in [0.15, 0.2) is 267 Å². The van der Waals surface area contributed by atoms with E-state index in [9.17, 15) is 0 Å². The Hall–Kier alpha value is -9.14. The van der Waals surface area contributed by atoms with E-state index in [1.807, 2.05) is 11.3 Å². The molecule has 0 atom stereocenters. The zero-order chi connectivity index (χ0) is 48.0. The van der Waals surface area contributed by atoms with Crippen molar-refractivity contribution in [2.45, 2.75) is 0 Å². The molecule has 0 nitrogen and oxygen atoms in total. The van der Waals surface area contributed by atoms with Crippen molar-refractivity contribution >= 4 is 96.1 Å². The lowest BCUT2D eigenvalue weighted by Crippen LogP contribution is -1.92. The summed E-state index contributed by atoms with van der Waals surface area (Å²) in [4.78, 5) is 0. The smallest absolute Gasteiger partial charge is 0.0434 e. The van der Waals surface area contributed by atoms with Crippen LogP contribution in [0.4, 0.5) is 0 Å². The molecule has 0 bridgehead atoms. The fraction of sp³-hybridized carbons (Fsp3) is 0. The molecule has 0 fully saturated rings. The van der Waals surface area contributed by atoms with Crippen LogP contribution in [-0.2, 0) is 0 Å². The molecule has 0 N–H and O–H groups in total. The zero-order valence-corrected chi connectivity index (χ0v) is 40.6. The molecule has 73 heavy (non-hydrogen) atoms. The van der Waals surface area contributed by atoms with Gasteiger partial charge in [0.1, 0.15) is 0 Å². The molecule has 0 aliphatic rings. The number of benzene rings is 14. The SMILES string of the molecule is c1ccc(-c2ccc(-c3c4ccccc4c(-c4ccc5sc6c(-c7c8ccccc8c(-c8ccc(-c9ccccc9)c9ccccc89)c8ccccc78)cccc6c5c4)c4ccccc34)c3ccccc23)cc1. The minimum Gasteiger partial charge on any atom is -0.135 e. The molecule has 1 aromatic heterocycles. The van der Waals surface area contributed by atoms with Gasteiger partial charge < -0.3 is 0 Å². The second-order valence-electron chi connectivity index (χ2n) is 19.3. The van der Waals surface area contributed by atoms with Crippen LogP contribution < -0.4 is 0 Å². The van der Waals surface area contributed by atoms with E-state index in [0.717, 1.165) is 0 Å². The Kier molecular flexibility index (Phi) is 9.55. The first-order valence-electron chi connectivity index (χ1n) is 25.2. The number of thiophene rings is 1. The Morgan fingerprint density at radius 3 is 0.932 bits per heavy atom. The monoisotopic (exact) mass is 940 g/mol. The summed E-state index contributed by atoms with van der Waals surface area (Å²) < 4.78 is 2.60. The maximum absolute atomic E-state index is 2.47. The van der Waals surface area contributed by atoms with Gasteiger partial charge in [0.2, 0.25) is 0 Å². The normalized spacial score (nSPS) is 11.8. The summed E-state index contributed by atoms with van der Waals surface area (Å²) in [6, 6.07) is 99.2. The number of rotatable bonds is 6. The highest BCUT2D eigenvalue weighted by Crippen LogP contribution is 2.51. The maximum Gasteiger partial charge on any atom is 0.0434 e. The van der Waals surface area contributed by atoms with Gasteiger partial charge in [-0.1, -0.05) is 255 Å². The molecule has 15 rings (SSSR count). The van der Waals surface area contributed by atoms with Crippen LogP contribution in [-0.4, -0.2) is 0 Å². The summed E-state index contributed by atoms with van der Waals surface area (Å²) in [5, 5.41) is 17.7. The molecule has 0 amide bonds. The van der Waals surface area contributed by atoms with Gasteiger partial charge in [-0.05, 0) is 138 Å². The van der Waals surface area contributed by atoms with Crippen molar-refractivity contribution in [3.05, 3.63) is 267 Å². The van der Waals surface area contributed by atoms with E-state index in [-0.39, 0.29) is 0 Å². The van der Waals surface area contributed by atoms with Crippen molar-refractivity contribution in [3.8, 4) is 66.8 Å². The molecule has 0 saturated carbocycles. The highest BCUT2D eigenvalue weighted by atomic mass is 32.1. The van der Waals surface area contributed by atoms with Crippen LogP contribution in [0.1, 0.15) is 0 Å². The van der Waals surface area contributed by atoms with Crippen molar-refractivity contribution in [2.75, 3.05) is 0 Å². The average Bonchev–Trinajstić information content (AvgIpc) is 3.84. The van der Waals surface area contributed by atoms with E-state index in [0.29, 0.717) is 0 Å². The summed E-state index contributed by atoms with van der Waals surface area (Å²) in [6.07, 6.45) is 0. The largest absolute Gasteiger partial charge is 0.135 e. The molecular formula is C72H44S. The van der Waals surface area contributed by atoms with Gasteiger partial charge in [-0.15, -0.1) is 11.3 Å². The molecule has 1 heteroatoms. The Bertz CT molecular complexity index is 4600. The first-order valence-corrected chi connectivity index (χ1v) is 26.1. The second-order valence-corrected chi connectivity index (χ2v) is 20.4. The van der Waals surface area contributed by atoms with Crippen molar-refractivity contribution in [1.82, 2.24) is 0 Å². The zero-order valence-electron chi connectivity index (χ0n) is 39.8. The number of fused-ring (bicyclic) bond motifs is 9. The predicted molar refractivity (Wildman–Crippen MR) is 317 cm³/mol. The van der Waals surface area contributed by atoms with Gasteiger partial charge in [-0.25, -0.2) is 0 Å². The van der Waals surface area contributed by atoms with Gasteiger partial charge in [0.15, 0.2) is 0 Å². The lowest BCUT2D eigenvalue weighted by Gasteiger charge is -2.20. The van der Waals surface area contributed by atoms with Gasteiger partial charge in [0.25, 0.3) is 0 Å². The van der Waals surface area contributed by atoms with E-state index in [1.165, 1.54) is 152 Å². The van der Waals surface area contributed by atoms with Gasteiger partial charge in [0, 0.05) is 25.7 Å². The summed E-state index contributed by atoms with van der Waals surface area (Å²) in [7, 11) is 0. The third-order valence-corrected chi connectivity index (χ3v) is 16.7. The average molecular weight is 941 g/mol. The highest BCUT2D eigenvalue weighted by Gasteiger charge is 2.23. The van der Waals surface area contributed by atoms with Gasteiger partial charge in [-0.2, -0.15) is 0 Å².